The SMILES string of the molecule is O=C(O)/C=C/c1ccc(OC(=O)CCC(=O)Oc2ccc(/C=C/C(=O)O)cc2)cc1. The molecule has 0 amide bonds. The van der Waals surface area contributed by atoms with Crippen LogP contribution in [0, 0.1) is 0 Å². The molecular formula is C22H18O8. The lowest BCUT2D eigenvalue weighted by Gasteiger charge is -2.06. The second kappa shape index (κ2) is 11.0. The molecule has 8 heteroatoms. The standard InChI is InChI=1S/C22H18O8/c23-19(24)11-5-15-1-7-17(8-2-15)29-21(27)13-14-22(28)30-18-9-3-16(4-10-18)6-12-20(25)26/h1-12H,13-14H2,(H,23,24)(H,25,26)/b11-5+,12-6+. The van der Waals surface area contributed by atoms with Crippen LogP contribution < -0.4 is 9.47 Å². The second-order valence-electron chi connectivity index (χ2n) is 5.93. The van der Waals surface area contributed by atoms with Crippen LogP contribution in [0.2, 0.25) is 0 Å². The summed E-state index contributed by atoms with van der Waals surface area (Å²) in [7, 11) is 0. The molecule has 2 aromatic rings. The topological polar surface area (TPSA) is 127 Å². The summed E-state index contributed by atoms with van der Waals surface area (Å²) in [4.78, 5) is 44.7. The van der Waals surface area contributed by atoms with Crippen molar-refractivity contribution in [1.82, 2.24) is 0 Å². The number of aliphatic carboxylic acids is 2. The van der Waals surface area contributed by atoms with Crippen molar-refractivity contribution >= 4 is 36.0 Å². The summed E-state index contributed by atoms with van der Waals surface area (Å²) in [5, 5.41) is 17.2. The van der Waals surface area contributed by atoms with Gasteiger partial charge in [0.25, 0.3) is 0 Å². The van der Waals surface area contributed by atoms with Crippen LogP contribution in [-0.2, 0) is 19.2 Å². The van der Waals surface area contributed by atoms with Crippen molar-refractivity contribution in [2.75, 3.05) is 0 Å². The molecule has 0 saturated carbocycles. The molecule has 0 saturated heterocycles. The third-order valence-corrected chi connectivity index (χ3v) is 3.59. The zero-order valence-electron chi connectivity index (χ0n) is 15.7. The molecule has 0 unspecified atom stereocenters. The van der Waals surface area contributed by atoms with Gasteiger partial charge in [-0.3, -0.25) is 9.59 Å². The van der Waals surface area contributed by atoms with Crippen LogP contribution >= 0.6 is 0 Å². The third-order valence-electron chi connectivity index (χ3n) is 3.59. The first-order chi connectivity index (χ1) is 14.3. The van der Waals surface area contributed by atoms with E-state index in [9.17, 15) is 19.2 Å². The molecule has 0 aliphatic carbocycles. The highest BCUT2D eigenvalue weighted by Crippen LogP contribution is 2.16. The monoisotopic (exact) mass is 410 g/mol. The largest absolute Gasteiger partial charge is 0.478 e. The van der Waals surface area contributed by atoms with Gasteiger partial charge in [-0.05, 0) is 47.5 Å². The highest BCUT2D eigenvalue weighted by atomic mass is 16.5. The maximum Gasteiger partial charge on any atom is 0.328 e. The molecule has 2 rings (SSSR count). The van der Waals surface area contributed by atoms with E-state index in [1.54, 1.807) is 24.3 Å². The fourth-order valence-corrected chi connectivity index (χ4v) is 2.20. The summed E-state index contributed by atoms with van der Waals surface area (Å²) >= 11 is 0. The molecule has 2 aromatic carbocycles. The van der Waals surface area contributed by atoms with Gasteiger partial charge in [-0.1, -0.05) is 24.3 Å². The Bertz CT molecular complexity index is 888. The maximum absolute atomic E-state index is 11.9. The van der Waals surface area contributed by atoms with Crippen molar-refractivity contribution in [2.45, 2.75) is 12.8 Å². The summed E-state index contributed by atoms with van der Waals surface area (Å²) in [5.74, 6) is -2.83. The number of esters is 2. The molecule has 0 radical (unpaired) electrons. The van der Waals surface area contributed by atoms with E-state index in [1.165, 1.54) is 36.4 Å². The van der Waals surface area contributed by atoms with Gasteiger partial charge in [0.2, 0.25) is 0 Å². The Morgan fingerprint density at radius 2 is 0.967 bits per heavy atom. The minimum absolute atomic E-state index is 0.182. The number of carbonyl (C=O) groups is 4. The van der Waals surface area contributed by atoms with Crippen molar-refractivity contribution in [3.8, 4) is 11.5 Å². The van der Waals surface area contributed by atoms with Gasteiger partial charge in [0, 0.05) is 12.2 Å². The highest BCUT2D eigenvalue weighted by Gasteiger charge is 2.11. The number of hydrogen-bond acceptors (Lipinski definition) is 6. The zero-order valence-corrected chi connectivity index (χ0v) is 15.7. The molecule has 0 fully saturated rings. The first-order valence-electron chi connectivity index (χ1n) is 8.75. The van der Waals surface area contributed by atoms with Crippen LogP contribution in [0.1, 0.15) is 24.0 Å². The summed E-state index contributed by atoms with van der Waals surface area (Å²) in [6, 6.07) is 12.4. The number of ether oxygens (including phenoxy) is 2. The van der Waals surface area contributed by atoms with Crippen molar-refractivity contribution in [2.24, 2.45) is 0 Å². The predicted molar refractivity (Wildman–Crippen MR) is 107 cm³/mol. The van der Waals surface area contributed by atoms with Gasteiger partial charge in [0.05, 0.1) is 12.8 Å². The average molecular weight is 410 g/mol. The number of hydrogen-bond donors (Lipinski definition) is 2. The molecule has 0 aliphatic rings. The van der Waals surface area contributed by atoms with Crippen molar-refractivity contribution in [3.05, 3.63) is 71.8 Å². The summed E-state index contributed by atoms with van der Waals surface area (Å²) in [6.07, 6.45) is 4.43. The van der Waals surface area contributed by atoms with Gasteiger partial charge in [0.15, 0.2) is 0 Å². The normalized spacial score (nSPS) is 10.8. The van der Waals surface area contributed by atoms with Crippen molar-refractivity contribution in [1.29, 1.82) is 0 Å². The van der Waals surface area contributed by atoms with E-state index >= 15 is 0 Å². The van der Waals surface area contributed by atoms with Crippen LogP contribution in [-0.4, -0.2) is 34.1 Å². The number of rotatable bonds is 9. The predicted octanol–water partition coefficient (Wildman–Crippen LogP) is 3.17. The smallest absolute Gasteiger partial charge is 0.328 e. The first-order valence-corrected chi connectivity index (χ1v) is 8.75. The van der Waals surface area contributed by atoms with E-state index in [-0.39, 0.29) is 24.3 Å². The second-order valence-corrected chi connectivity index (χ2v) is 5.93. The molecule has 0 heterocycles. The number of benzene rings is 2. The Kier molecular flexibility index (Phi) is 8.07. The lowest BCUT2D eigenvalue weighted by atomic mass is 10.2. The van der Waals surface area contributed by atoms with Gasteiger partial charge in [0.1, 0.15) is 11.5 Å². The van der Waals surface area contributed by atoms with E-state index in [0.717, 1.165) is 12.2 Å². The van der Waals surface area contributed by atoms with Crippen LogP contribution in [0.15, 0.2) is 60.7 Å². The van der Waals surface area contributed by atoms with Gasteiger partial charge in [-0.15, -0.1) is 0 Å². The Hall–Kier alpha value is -4.20. The lowest BCUT2D eigenvalue weighted by molar-refractivity contribution is -0.140. The van der Waals surface area contributed by atoms with Gasteiger partial charge >= 0.3 is 23.9 Å². The van der Waals surface area contributed by atoms with E-state index in [1.807, 2.05) is 0 Å². The summed E-state index contributed by atoms with van der Waals surface area (Å²) in [6.45, 7) is 0. The minimum atomic E-state index is -1.07. The number of carboxylic acids is 2. The molecular weight excluding hydrogens is 392 g/mol. The summed E-state index contributed by atoms with van der Waals surface area (Å²) < 4.78 is 10.2. The van der Waals surface area contributed by atoms with Gasteiger partial charge in [-0.2, -0.15) is 0 Å². The first kappa shape index (κ1) is 22.1. The molecule has 0 spiro atoms. The third kappa shape index (κ3) is 8.22. The van der Waals surface area contributed by atoms with E-state index < -0.39 is 23.9 Å². The fourth-order valence-electron chi connectivity index (χ4n) is 2.20. The van der Waals surface area contributed by atoms with Crippen molar-refractivity contribution < 1.29 is 38.9 Å². The Morgan fingerprint density at radius 3 is 1.27 bits per heavy atom. The van der Waals surface area contributed by atoms with Crippen LogP contribution in [0.5, 0.6) is 11.5 Å². The maximum atomic E-state index is 11.9. The Morgan fingerprint density at radius 1 is 0.633 bits per heavy atom. The van der Waals surface area contributed by atoms with Crippen LogP contribution in [0.4, 0.5) is 0 Å². The fraction of sp³-hybridized carbons (Fsp3) is 0.0909. The molecule has 154 valence electrons. The van der Waals surface area contributed by atoms with Crippen LogP contribution in [0.3, 0.4) is 0 Å². The Balaban J connectivity index is 1.78. The molecule has 2 N–H and O–H groups in total. The van der Waals surface area contributed by atoms with E-state index in [2.05, 4.69) is 0 Å². The molecule has 0 bridgehead atoms. The van der Waals surface area contributed by atoms with E-state index in [4.69, 9.17) is 19.7 Å². The molecule has 0 aromatic heterocycles. The highest BCUT2D eigenvalue weighted by molar-refractivity contribution is 5.86. The lowest BCUT2D eigenvalue weighted by Crippen LogP contribution is -2.14. The molecule has 8 nitrogen and oxygen atoms in total. The van der Waals surface area contributed by atoms with Gasteiger partial charge < -0.3 is 19.7 Å². The molecule has 30 heavy (non-hydrogen) atoms. The molecule has 0 atom stereocenters. The van der Waals surface area contributed by atoms with Gasteiger partial charge in [-0.25, -0.2) is 9.59 Å². The summed E-state index contributed by atoms with van der Waals surface area (Å²) in [5.41, 5.74) is 1.26. The number of carboxylic acid groups (broad SMARTS) is 2. The Labute approximate surface area is 171 Å². The van der Waals surface area contributed by atoms with E-state index in [0.29, 0.717) is 11.1 Å². The minimum Gasteiger partial charge on any atom is -0.478 e. The molecule has 0 aliphatic heterocycles. The average Bonchev–Trinajstić information content (AvgIpc) is 2.71. The van der Waals surface area contributed by atoms with Crippen LogP contribution in [0.25, 0.3) is 12.2 Å². The number of carbonyl (C=O) groups excluding carboxylic acids is 2. The zero-order chi connectivity index (χ0) is 21.9. The quantitative estimate of drug-likeness (QED) is 0.367. The van der Waals surface area contributed by atoms with Crippen molar-refractivity contribution in [3.63, 3.8) is 0 Å².